The molecule has 0 bridgehead atoms. The van der Waals surface area contributed by atoms with Gasteiger partial charge in [-0.3, -0.25) is 9.59 Å². The van der Waals surface area contributed by atoms with Gasteiger partial charge in [0, 0.05) is 32.7 Å². The van der Waals surface area contributed by atoms with E-state index >= 15 is 0 Å². The number of carbonyl (C=O) groups is 1. The highest BCUT2D eigenvalue weighted by Crippen LogP contribution is 2.22. The molecule has 1 aromatic heterocycles. The Morgan fingerprint density at radius 3 is 2.74 bits per heavy atom. The molecule has 0 spiro atoms. The van der Waals surface area contributed by atoms with Gasteiger partial charge in [0.05, 0.1) is 23.9 Å². The monoisotopic (exact) mass is 370 g/mol. The number of anilines is 1. The van der Waals surface area contributed by atoms with E-state index in [1.54, 1.807) is 19.3 Å². The molecule has 1 unspecified atom stereocenters. The Bertz CT molecular complexity index is 845. The van der Waals surface area contributed by atoms with Gasteiger partial charge in [0.15, 0.2) is 0 Å². The third kappa shape index (κ3) is 4.87. The maximum atomic E-state index is 12.5. The number of rotatable bonds is 6. The summed E-state index contributed by atoms with van der Waals surface area (Å²) >= 11 is 0. The highest BCUT2D eigenvalue weighted by atomic mass is 16.5. The largest absolute Gasteiger partial charge is 0.491 e. The van der Waals surface area contributed by atoms with Crippen LogP contribution in [-0.2, 0) is 18.4 Å². The predicted molar refractivity (Wildman–Crippen MR) is 104 cm³/mol. The van der Waals surface area contributed by atoms with E-state index in [4.69, 9.17) is 4.74 Å². The fourth-order valence-electron chi connectivity index (χ4n) is 3.13. The Labute approximate surface area is 158 Å². The van der Waals surface area contributed by atoms with E-state index < -0.39 is 0 Å². The summed E-state index contributed by atoms with van der Waals surface area (Å²) in [6.07, 6.45) is 2.57. The van der Waals surface area contributed by atoms with E-state index in [0.29, 0.717) is 13.1 Å². The second kappa shape index (κ2) is 8.24. The van der Waals surface area contributed by atoms with E-state index in [1.807, 2.05) is 43.0 Å². The first-order valence-corrected chi connectivity index (χ1v) is 9.24. The average molecular weight is 370 g/mol. The molecule has 1 fully saturated rings. The molecule has 144 valence electrons. The Morgan fingerprint density at radius 1 is 1.33 bits per heavy atom. The quantitative estimate of drug-likeness (QED) is 0.838. The van der Waals surface area contributed by atoms with Crippen LogP contribution in [0.3, 0.4) is 0 Å². The van der Waals surface area contributed by atoms with Crippen molar-refractivity contribution in [3.8, 4) is 5.75 Å². The van der Waals surface area contributed by atoms with E-state index in [9.17, 15) is 9.59 Å². The summed E-state index contributed by atoms with van der Waals surface area (Å²) in [7, 11) is 1.62. The van der Waals surface area contributed by atoms with Crippen LogP contribution in [0.1, 0.15) is 25.8 Å². The molecule has 1 amide bonds. The molecule has 1 aromatic carbocycles. The molecule has 7 nitrogen and oxygen atoms in total. The smallest absolute Gasteiger partial charge is 0.268 e. The third-order valence-electron chi connectivity index (χ3n) is 4.64. The third-order valence-corrected chi connectivity index (χ3v) is 4.64. The zero-order valence-corrected chi connectivity index (χ0v) is 16.0. The lowest BCUT2D eigenvalue weighted by molar-refractivity contribution is -0.124. The number of nitrogens with zero attached hydrogens (tertiary/aromatic N) is 3. The van der Waals surface area contributed by atoms with Gasteiger partial charge in [0.1, 0.15) is 5.75 Å². The van der Waals surface area contributed by atoms with Crippen LogP contribution in [0.25, 0.3) is 0 Å². The summed E-state index contributed by atoms with van der Waals surface area (Å²) in [5, 5.41) is 7.05. The number of carbonyl (C=O) groups excluding carboxylic acids is 1. The lowest BCUT2D eigenvalue weighted by atomic mass is 10.1. The van der Waals surface area contributed by atoms with Gasteiger partial charge in [-0.1, -0.05) is 12.1 Å². The Morgan fingerprint density at radius 2 is 2.07 bits per heavy atom. The van der Waals surface area contributed by atoms with E-state index in [0.717, 1.165) is 30.0 Å². The lowest BCUT2D eigenvalue weighted by Crippen LogP contribution is -2.32. The van der Waals surface area contributed by atoms with Crippen molar-refractivity contribution < 1.29 is 9.53 Å². The van der Waals surface area contributed by atoms with Crippen LogP contribution in [0.2, 0.25) is 0 Å². The number of amides is 1. The number of ether oxygens (including phenoxy) is 1. The minimum absolute atomic E-state index is 0.0387. The summed E-state index contributed by atoms with van der Waals surface area (Å²) in [6, 6.07) is 9.33. The number of hydrogen-bond donors (Lipinski definition) is 1. The Kier molecular flexibility index (Phi) is 5.78. The SMILES string of the molecule is CC(C)Oc1ccc(CNC(=O)C2CCN(c3cnn(C)c(=O)c3)C2)cc1. The first kappa shape index (κ1) is 18.9. The molecule has 2 heterocycles. The molecule has 1 saturated heterocycles. The van der Waals surface area contributed by atoms with Crippen molar-refractivity contribution in [1.82, 2.24) is 15.1 Å². The van der Waals surface area contributed by atoms with E-state index in [2.05, 4.69) is 10.4 Å². The van der Waals surface area contributed by atoms with Crippen molar-refractivity contribution >= 4 is 11.6 Å². The second-order valence-corrected chi connectivity index (χ2v) is 7.14. The van der Waals surface area contributed by atoms with Gasteiger partial charge in [-0.2, -0.15) is 5.10 Å². The van der Waals surface area contributed by atoms with Crippen LogP contribution in [0, 0.1) is 5.92 Å². The number of aryl methyl sites for hydroxylation is 1. The summed E-state index contributed by atoms with van der Waals surface area (Å²) in [5.41, 5.74) is 1.66. The topological polar surface area (TPSA) is 76.5 Å². The molecule has 0 aliphatic carbocycles. The van der Waals surface area contributed by atoms with Crippen LogP contribution in [0.4, 0.5) is 5.69 Å². The summed E-state index contributed by atoms with van der Waals surface area (Å²) in [5.74, 6) is 0.781. The zero-order chi connectivity index (χ0) is 19.4. The molecular weight excluding hydrogens is 344 g/mol. The van der Waals surface area contributed by atoms with Crippen molar-refractivity contribution in [2.24, 2.45) is 13.0 Å². The van der Waals surface area contributed by atoms with Gasteiger partial charge in [0.2, 0.25) is 5.91 Å². The Hall–Kier alpha value is -2.83. The van der Waals surface area contributed by atoms with Gasteiger partial charge in [-0.05, 0) is 38.0 Å². The fraction of sp³-hybridized carbons (Fsp3) is 0.450. The van der Waals surface area contributed by atoms with Crippen molar-refractivity contribution in [2.45, 2.75) is 32.9 Å². The van der Waals surface area contributed by atoms with Crippen LogP contribution in [0.5, 0.6) is 5.75 Å². The fourth-order valence-corrected chi connectivity index (χ4v) is 3.13. The molecule has 1 atom stereocenters. The summed E-state index contributed by atoms with van der Waals surface area (Å²) in [4.78, 5) is 26.3. The molecule has 27 heavy (non-hydrogen) atoms. The van der Waals surface area contributed by atoms with Crippen molar-refractivity contribution in [1.29, 1.82) is 0 Å². The minimum atomic E-state index is -0.148. The predicted octanol–water partition coefficient (Wildman–Crippen LogP) is 1.71. The molecule has 1 N–H and O–H groups in total. The number of aromatic nitrogens is 2. The average Bonchev–Trinajstić information content (AvgIpc) is 3.13. The number of hydrogen-bond acceptors (Lipinski definition) is 5. The first-order valence-electron chi connectivity index (χ1n) is 9.24. The standard InChI is InChI=1S/C20H26N4O3/c1-14(2)27-18-6-4-15(5-7-18)11-21-20(26)16-8-9-24(13-16)17-10-19(25)23(3)22-12-17/h4-7,10,12,14,16H,8-9,11,13H2,1-3H3,(H,21,26). The maximum Gasteiger partial charge on any atom is 0.268 e. The lowest BCUT2D eigenvalue weighted by Gasteiger charge is -2.18. The second-order valence-electron chi connectivity index (χ2n) is 7.14. The molecule has 1 aliphatic heterocycles. The molecule has 1 aliphatic rings. The molecular formula is C20H26N4O3. The Balaban J connectivity index is 1.51. The van der Waals surface area contributed by atoms with Crippen molar-refractivity contribution in [3.05, 3.63) is 52.4 Å². The number of nitrogens with one attached hydrogen (secondary N) is 1. The van der Waals surface area contributed by atoms with Crippen LogP contribution >= 0.6 is 0 Å². The first-order chi connectivity index (χ1) is 12.9. The highest BCUT2D eigenvalue weighted by molar-refractivity contribution is 5.80. The maximum absolute atomic E-state index is 12.5. The summed E-state index contributed by atoms with van der Waals surface area (Å²) in [6.45, 7) is 5.81. The van der Waals surface area contributed by atoms with Crippen LogP contribution in [-0.4, -0.2) is 34.9 Å². The molecule has 2 aromatic rings. The molecule has 3 rings (SSSR count). The van der Waals surface area contributed by atoms with E-state index in [-0.39, 0.29) is 23.5 Å². The van der Waals surface area contributed by atoms with Gasteiger partial charge in [-0.15, -0.1) is 0 Å². The zero-order valence-electron chi connectivity index (χ0n) is 16.0. The van der Waals surface area contributed by atoms with E-state index in [1.165, 1.54) is 4.68 Å². The molecule has 7 heteroatoms. The van der Waals surface area contributed by atoms with Gasteiger partial charge in [-0.25, -0.2) is 4.68 Å². The summed E-state index contributed by atoms with van der Waals surface area (Å²) < 4.78 is 6.92. The normalized spacial score (nSPS) is 16.6. The van der Waals surface area contributed by atoms with Crippen molar-refractivity contribution in [2.75, 3.05) is 18.0 Å². The van der Waals surface area contributed by atoms with Gasteiger partial charge < -0.3 is 15.0 Å². The number of benzene rings is 1. The minimum Gasteiger partial charge on any atom is -0.491 e. The van der Waals surface area contributed by atoms with Crippen LogP contribution in [0.15, 0.2) is 41.3 Å². The van der Waals surface area contributed by atoms with Crippen molar-refractivity contribution in [3.63, 3.8) is 0 Å². The van der Waals surface area contributed by atoms with Crippen LogP contribution < -0.4 is 20.5 Å². The van der Waals surface area contributed by atoms with Gasteiger partial charge >= 0.3 is 0 Å². The molecule has 0 saturated carbocycles. The highest BCUT2D eigenvalue weighted by Gasteiger charge is 2.28. The molecule has 0 radical (unpaired) electrons. The van der Waals surface area contributed by atoms with Gasteiger partial charge in [0.25, 0.3) is 5.56 Å².